The molecule has 3 aromatic heterocycles. The number of hydrogen-bond donors (Lipinski definition) is 1. The molecule has 3 heterocycles. The van der Waals surface area contributed by atoms with Crippen LogP contribution in [0.3, 0.4) is 0 Å². The predicted octanol–water partition coefficient (Wildman–Crippen LogP) is 7.78. The third-order valence-electron chi connectivity index (χ3n) is 4.81. The molecular formula is C26H37ClN4O3S. The highest BCUT2D eigenvalue weighted by atomic mass is 35.5. The van der Waals surface area contributed by atoms with Gasteiger partial charge in [-0.05, 0) is 62.9 Å². The molecule has 7 nitrogen and oxygen atoms in total. The van der Waals surface area contributed by atoms with Crippen molar-refractivity contribution in [2.24, 2.45) is 0 Å². The minimum Gasteiger partial charge on any atom is -0.466 e. The molecule has 0 N–H and O–H groups in total. The van der Waals surface area contributed by atoms with E-state index in [4.69, 9.17) is 16.0 Å². The lowest BCUT2D eigenvalue weighted by Gasteiger charge is -2.16. The van der Waals surface area contributed by atoms with Crippen LogP contribution in [0.15, 0.2) is 40.9 Å². The van der Waals surface area contributed by atoms with E-state index in [1.54, 1.807) is 26.0 Å². The van der Waals surface area contributed by atoms with Gasteiger partial charge >= 0.3 is 0 Å². The Kier molecular flexibility index (Phi) is 10.5. The summed E-state index contributed by atoms with van der Waals surface area (Å²) in [6.07, 6.45) is 1.53. The van der Waals surface area contributed by atoms with Gasteiger partial charge in [-0.15, -0.1) is 5.10 Å². The van der Waals surface area contributed by atoms with E-state index in [1.165, 1.54) is 17.8 Å². The number of halogens is 1. The molecule has 0 atom stereocenters. The standard InChI is InChI=1S/C10H16O.C8H11ClN2.C8H10N2O2S/c1-7-6-9(8(2)11-7)10(3,4)5;1-8(2,3)6-4-5-7(9)11-10-6;1-8(2,13)7-6(10(11)12)4-3-5-9-7/h6H,1-5H3;4-5H,1-3H3;3-5,13H,1-2H3. The molecule has 3 rings (SSSR count). The zero-order valence-corrected chi connectivity index (χ0v) is 24.0. The Morgan fingerprint density at radius 1 is 0.971 bits per heavy atom. The molecule has 0 aliphatic carbocycles. The molecule has 0 bridgehead atoms. The van der Waals surface area contributed by atoms with Crippen LogP contribution in [-0.4, -0.2) is 20.1 Å². The maximum absolute atomic E-state index is 10.6. The zero-order valence-electron chi connectivity index (χ0n) is 22.3. The number of aryl methyl sites for hydroxylation is 2. The fraction of sp³-hybridized carbons (Fsp3) is 0.500. The van der Waals surface area contributed by atoms with E-state index in [-0.39, 0.29) is 16.5 Å². The summed E-state index contributed by atoms with van der Waals surface area (Å²) in [5, 5.41) is 18.8. The van der Waals surface area contributed by atoms with Crippen LogP contribution < -0.4 is 0 Å². The second-order valence-corrected chi connectivity index (χ2v) is 12.3. The van der Waals surface area contributed by atoms with Crippen molar-refractivity contribution in [1.82, 2.24) is 15.2 Å². The number of hydrogen-bond acceptors (Lipinski definition) is 7. The number of rotatable bonds is 2. The first-order valence-electron chi connectivity index (χ1n) is 11.2. The number of thiol groups is 1. The van der Waals surface area contributed by atoms with Crippen molar-refractivity contribution >= 4 is 29.9 Å². The smallest absolute Gasteiger partial charge is 0.292 e. The maximum Gasteiger partial charge on any atom is 0.292 e. The Bertz CT molecular complexity index is 1110. The van der Waals surface area contributed by atoms with Gasteiger partial charge in [-0.25, -0.2) is 0 Å². The van der Waals surface area contributed by atoms with Crippen molar-refractivity contribution in [3.63, 3.8) is 0 Å². The van der Waals surface area contributed by atoms with Gasteiger partial charge in [0.25, 0.3) is 5.69 Å². The first-order chi connectivity index (χ1) is 15.8. The summed E-state index contributed by atoms with van der Waals surface area (Å²) in [5.41, 5.74) is 2.95. The summed E-state index contributed by atoms with van der Waals surface area (Å²) in [4.78, 5) is 14.1. The van der Waals surface area contributed by atoms with Gasteiger partial charge in [0.05, 0.1) is 15.4 Å². The van der Waals surface area contributed by atoms with Crippen LogP contribution in [0.2, 0.25) is 5.15 Å². The van der Waals surface area contributed by atoms with Crippen LogP contribution in [-0.2, 0) is 15.6 Å². The zero-order chi connectivity index (χ0) is 27.2. The van der Waals surface area contributed by atoms with Gasteiger partial charge in [0.2, 0.25) is 0 Å². The van der Waals surface area contributed by atoms with E-state index in [9.17, 15) is 10.1 Å². The third kappa shape index (κ3) is 9.98. The van der Waals surface area contributed by atoms with Crippen LogP contribution in [0, 0.1) is 24.0 Å². The molecule has 0 spiro atoms. The normalized spacial score (nSPS) is 11.7. The Morgan fingerprint density at radius 3 is 1.89 bits per heavy atom. The molecule has 0 saturated carbocycles. The molecular weight excluding hydrogens is 484 g/mol. The van der Waals surface area contributed by atoms with Gasteiger partial charge in [-0.3, -0.25) is 15.1 Å². The van der Waals surface area contributed by atoms with Crippen molar-refractivity contribution in [3.05, 3.63) is 80.3 Å². The lowest BCUT2D eigenvalue weighted by Crippen LogP contribution is -2.13. The second kappa shape index (κ2) is 12.0. The van der Waals surface area contributed by atoms with Crippen molar-refractivity contribution in [2.75, 3.05) is 0 Å². The Morgan fingerprint density at radius 2 is 1.57 bits per heavy atom. The van der Waals surface area contributed by atoms with E-state index in [0.717, 1.165) is 17.2 Å². The molecule has 0 saturated heterocycles. The first-order valence-corrected chi connectivity index (χ1v) is 12.1. The van der Waals surface area contributed by atoms with Crippen molar-refractivity contribution in [1.29, 1.82) is 0 Å². The summed E-state index contributed by atoms with van der Waals surface area (Å²) >= 11 is 9.83. The van der Waals surface area contributed by atoms with Crippen molar-refractivity contribution in [2.45, 2.75) is 84.8 Å². The third-order valence-corrected chi connectivity index (χ3v) is 5.23. The lowest BCUT2D eigenvalue weighted by molar-refractivity contribution is -0.386. The van der Waals surface area contributed by atoms with Crippen LogP contribution in [0.25, 0.3) is 0 Å². The summed E-state index contributed by atoms with van der Waals surface area (Å²) in [7, 11) is 0. The van der Waals surface area contributed by atoms with Gasteiger partial charge in [0, 0.05) is 17.7 Å². The molecule has 9 heteroatoms. The van der Waals surface area contributed by atoms with Gasteiger partial charge < -0.3 is 4.42 Å². The quantitative estimate of drug-likeness (QED) is 0.210. The van der Waals surface area contributed by atoms with Gasteiger partial charge in [-0.1, -0.05) is 53.1 Å². The predicted molar refractivity (Wildman–Crippen MR) is 146 cm³/mol. The monoisotopic (exact) mass is 520 g/mol. The van der Waals surface area contributed by atoms with Crippen molar-refractivity contribution in [3.8, 4) is 0 Å². The number of aromatic nitrogens is 3. The highest BCUT2D eigenvalue weighted by Crippen LogP contribution is 2.32. The fourth-order valence-electron chi connectivity index (χ4n) is 3.11. The van der Waals surface area contributed by atoms with E-state index >= 15 is 0 Å². The molecule has 0 unspecified atom stereocenters. The van der Waals surface area contributed by atoms with E-state index in [2.05, 4.69) is 75.4 Å². The number of pyridine rings is 1. The van der Waals surface area contributed by atoms with Gasteiger partial charge in [-0.2, -0.15) is 17.7 Å². The maximum atomic E-state index is 10.6. The van der Waals surface area contributed by atoms with Gasteiger partial charge in [0.15, 0.2) is 5.15 Å². The molecule has 0 aliphatic rings. The van der Waals surface area contributed by atoms with Crippen LogP contribution >= 0.6 is 24.2 Å². The first kappa shape index (κ1) is 30.6. The Balaban J connectivity index is 0.000000264. The molecule has 0 aliphatic heterocycles. The highest BCUT2D eigenvalue weighted by molar-refractivity contribution is 7.81. The minimum absolute atomic E-state index is 0.0162. The molecule has 0 fully saturated rings. The highest BCUT2D eigenvalue weighted by Gasteiger charge is 2.26. The summed E-state index contributed by atoms with van der Waals surface area (Å²) in [6.45, 7) is 20.4. The van der Waals surface area contributed by atoms with Crippen molar-refractivity contribution < 1.29 is 9.34 Å². The molecule has 192 valence electrons. The number of furan rings is 1. The van der Waals surface area contributed by atoms with E-state index < -0.39 is 9.67 Å². The van der Waals surface area contributed by atoms with E-state index in [0.29, 0.717) is 10.8 Å². The van der Waals surface area contributed by atoms with Crippen LogP contribution in [0.5, 0.6) is 0 Å². The average Bonchev–Trinajstić information content (AvgIpc) is 3.06. The molecule has 35 heavy (non-hydrogen) atoms. The molecule has 0 aromatic carbocycles. The Labute approximate surface area is 219 Å². The fourth-order valence-corrected chi connectivity index (χ4v) is 3.38. The van der Waals surface area contributed by atoms with E-state index in [1.807, 2.05) is 19.9 Å². The largest absolute Gasteiger partial charge is 0.466 e. The number of nitrogens with zero attached hydrogens (tertiary/aromatic N) is 4. The Hall–Kier alpha value is -2.45. The molecule has 0 radical (unpaired) electrons. The molecule has 3 aromatic rings. The van der Waals surface area contributed by atoms with Crippen LogP contribution in [0.4, 0.5) is 5.69 Å². The minimum atomic E-state index is -0.594. The van der Waals surface area contributed by atoms with Gasteiger partial charge in [0.1, 0.15) is 17.2 Å². The number of nitro groups is 1. The summed E-state index contributed by atoms with van der Waals surface area (Å²) in [6, 6.07) is 8.75. The SMILES string of the molecule is CC(C)(C)c1ccc(Cl)nn1.CC(C)(S)c1ncccc1[N+](=O)[O-].Cc1cc(C(C)(C)C)c(C)o1. The average molecular weight is 521 g/mol. The second-order valence-electron chi connectivity index (χ2n) is 10.8. The lowest BCUT2D eigenvalue weighted by atomic mass is 9.87. The topological polar surface area (TPSA) is 95.0 Å². The summed E-state index contributed by atoms with van der Waals surface area (Å²) in [5.74, 6) is 2.06. The van der Waals surface area contributed by atoms with Crippen LogP contribution in [0.1, 0.15) is 83.9 Å². The molecule has 0 amide bonds. The summed E-state index contributed by atoms with van der Waals surface area (Å²) < 4.78 is 4.85.